The summed E-state index contributed by atoms with van der Waals surface area (Å²) in [4.78, 5) is 2.46. The highest BCUT2D eigenvalue weighted by Crippen LogP contribution is 2.43. The van der Waals surface area contributed by atoms with E-state index in [1.807, 2.05) is 13.2 Å². The number of benzene rings is 1. The van der Waals surface area contributed by atoms with Crippen LogP contribution in [0.4, 0.5) is 0 Å². The molecule has 1 heterocycles. The summed E-state index contributed by atoms with van der Waals surface area (Å²) in [7, 11) is 5.20. The van der Waals surface area contributed by atoms with Gasteiger partial charge in [0.1, 0.15) is 5.75 Å². The third-order valence-corrected chi connectivity index (χ3v) is 5.70. The fourth-order valence-electron chi connectivity index (χ4n) is 4.39. The summed E-state index contributed by atoms with van der Waals surface area (Å²) in [5, 5.41) is 10.1. The molecule has 5 nitrogen and oxygen atoms in total. The topological polar surface area (TPSA) is 51.2 Å². The van der Waals surface area contributed by atoms with Gasteiger partial charge in [-0.2, -0.15) is 0 Å². The van der Waals surface area contributed by atoms with Crippen molar-refractivity contribution < 1.29 is 19.3 Å². The number of ether oxygens (including phenoxy) is 3. The number of aliphatic hydroxyl groups excluding tert-OH is 1. The van der Waals surface area contributed by atoms with Crippen molar-refractivity contribution in [2.75, 3.05) is 27.9 Å². The largest absolute Gasteiger partial charge is 0.496 e. The smallest absolute Gasteiger partial charge is 0.124 e. The molecule has 1 aromatic carbocycles. The zero-order valence-electron chi connectivity index (χ0n) is 15.0. The third kappa shape index (κ3) is 3.31. The van der Waals surface area contributed by atoms with Crippen LogP contribution in [0.1, 0.15) is 36.8 Å². The highest BCUT2D eigenvalue weighted by atomic mass is 16.5. The minimum Gasteiger partial charge on any atom is -0.496 e. The van der Waals surface area contributed by atoms with Gasteiger partial charge in [-0.25, -0.2) is 0 Å². The van der Waals surface area contributed by atoms with E-state index in [-0.39, 0.29) is 11.7 Å². The molecule has 0 unspecified atom stereocenters. The molecule has 0 radical (unpaired) electrons. The fourth-order valence-corrected chi connectivity index (χ4v) is 4.39. The summed E-state index contributed by atoms with van der Waals surface area (Å²) in [5.74, 6) is 0.862. The van der Waals surface area contributed by atoms with E-state index in [1.165, 1.54) is 5.56 Å². The molecule has 0 spiro atoms. The van der Waals surface area contributed by atoms with E-state index in [2.05, 4.69) is 17.0 Å². The molecule has 5 heteroatoms. The molecule has 2 aliphatic rings. The Balaban J connectivity index is 1.77. The van der Waals surface area contributed by atoms with E-state index < -0.39 is 0 Å². The van der Waals surface area contributed by atoms with Gasteiger partial charge in [0.2, 0.25) is 0 Å². The van der Waals surface area contributed by atoms with Crippen molar-refractivity contribution in [2.45, 2.75) is 56.6 Å². The SMILES string of the molecule is COCc1cc(CN2CC[C@]3(OC)CC[C@@H](O)C[C@H]23)ccc1OC. The number of nitrogens with zero attached hydrogens (tertiary/aromatic N) is 1. The lowest BCUT2D eigenvalue weighted by Gasteiger charge is -2.42. The van der Waals surface area contributed by atoms with Gasteiger partial charge in [0.15, 0.2) is 0 Å². The predicted molar refractivity (Wildman–Crippen MR) is 92.1 cm³/mol. The molecule has 134 valence electrons. The van der Waals surface area contributed by atoms with E-state index in [0.717, 1.165) is 50.1 Å². The number of hydrogen-bond acceptors (Lipinski definition) is 5. The van der Waals surface area contributed by atoms with Gasteiger partial charge < -0.3 is 19.3 Å². The molecule has 0 bridgehead atoms. The number of aliphatic hydroxyl groups is 1. The molecule has 3 atom stereocenters. The van der Waals surface area contributed by atoms with E-state index in [0.29, 0.717) is 12.6 Å². The van der Waals surface area contributed by atoms with Crippen LogP contribution in [-0.2, 0) is 22.6 Å². The summed E-state index contributed by atoms with van der Waals surface area (Å²) in [6.07, 6.45) is 3.43. The molecule has 2 fully saturated rings. The second-order valence-electron chi connectivity index (χ2n) is 7.01. The first-order chi connectivity index (χ1) is 11.6. The quantitative estimate of drug-likeness (QED) is 0.865. The lowest BCUT2D eigenvalue weighted by molar-refractivity contribution is -0.0879. The second kappa shape index (κ2) is 7.40. The van der Waals surface area contributed by atoms with Crippen molar-refractivity contribution in [3.05, 3.63) is 29.3 Å². The van der Waals surface area contributed by atoms with Gasteiger partial charge in [-0.15, -0.1) is 0 Å². The molecule has 1 saturated carbocycles. The van der Waals surface area contributed by atoms with Crippen LogP contribution in [0.15, 0.2) is 18.2 Å². The fraction of sp³-hybridized carbons (Fsp3) is 0.684. The van der Waals surface area contributed by atoms with Crippen LogP contribution in [0.3, 0.4) is 0 Å². The van der Waals surface area contributed by atoms with Crippen molar-refractivity contribution in [1.82, 2.24) is 4.90 Å². The van der Waals surface area contributed by atoms with Crippen LogP contribution in [0, 0.1) is 0 Å². The van der Waals surface area contributed by atoms with Gasteiger partial charge >= 0.3 is 0 Å². The lowest BCUT2D eigenvalue weighted by Crippen LogP contribution is -2.51. The Morgan fingerprint density at radius 2 is 2.08 bits per heavy atom. The maximum absolute atomic E-state index is 10.1. The van der Waals surface area contributed by atoms with Crippen LogP contribution >= 0.6 is 0 Å². The molecule has 24 heavy (non-hydrogen) atoms. The summed E-state index contributed by atoms with van der Waals surface area (Å²) in [5.41, 5.74) is 2.23. The summed E-state index contributed by atoms with van der Waals surface area (Å²) >= 11 is 0. The van der Waals surface area contributed by atoms with Gasteiger partial charge in [-0.1, -0.05) is 6.07 Å². The van der Waals surface area contributed by atoms with Crippen molar-refractivity contribution in [2.24, 2.45) is 0 Å². The normalized spacial score (nSPS) is 30.3. The summed E-state index contributed by atoms with van der Waals surface area (Å²) in [6.45, 7) is 2.42. The Bertz CT molecular complexity index is 564. The standard InChI is InChI=1S/C19H29NO4/c1-22-13-15-10-14(4-5-17(15)23-2)12-20-9-8-19(24-3)7-6-16(21)11-18(19)20/h4-5,10,16,18,21H,6-9,11-13H2,1-3H3/t16-,18+,19-/m1/s1. The highest BCUT2D eigenvalue weighted by Gasteiger charge is 2.50. The summed E-state index contributed by atoms with van der Waals surface area (Å²) in [6, 6.07) is 6.58. The van der Waals surface area contributed by atoms with Crippen LogP contribution in [-0.4, -0.2) is 55.6 Å². The molecule has 1 aliphatic carbocycles. The lowest BCUT2D eigenvalue weighted by atomic mass is 9.79. The Labute approximate surface area is 144 Å². The first kappa shape index (κ1) is 17.7. The second-order valence-corrected chi connectivity index (χ2v) is 7.01. The molecule has 1 saturated heterocycles. The molecule has 1 N–H and O–H groups in total. The Morgan fingerprint density at radius 1 is 1.25 bits per heavy atom. The number of hydrogen-bond donors (Lipinski definition) is 1. The number of methoxy groups -OCH3 is 3. The minimum atomic E-state index is -0.209. The molecular formula is C19H29NO4. The van der Waals surface area contributed by atoms with Crippen molar-refractivity contribution in [1.29, 1.82) is 0 Å². The van der Waals surface area contributed by atoms with E-state index in [1.54, 1.807) is 14.2 Å². The van der Waals surface area contributed by atoms with E-state index in [9.17, 15) is 5.11 Å². The van der Waals surface area contributed by atoms with E-state index in [4.69, 9.17) is 14.2 Å². The predicted octanol–water partition coefficient (Wildman–Crippen LogP) is 2.35. The maximum atomic E-state index is 10.1. The average Bonchev–Trinajstić information content (AvgIpc) is 2.94. The van der Waals surface area contributed by atoms with Crippen LogP contribution in [0.25, 0.3) is 0 Å². The third-order valence-electron chi connectivity index (χ3n) is 5.70. The van der Waals surface area contributed by atoms with Gasteiger partial charge in [0.25, 0.3) is 0 Å². The maximum Gasteiger partial charge on any atom is 0.124 e. The average molecular weight is 335 g/mol. The van der Waals surface area contributed by atoms with Crippen LogP contribution < -0.4 is 4.74 Å². The number of rotatable bonds is 6. The van der Waals surface area contributed by atoms with Gasteiger partial charge in [-0.05, 0) is 43.4 Å². The molecule has 3 rings (SSSR count). The number of likely N-dealkylation sites (tertiary alicyclic amines) is 1. The van der Waals surface area contributed by atoms with Crippen LogP contribution in [0.5, 0.6) is 5.75 Å². The van der Waals surface area contributed by atoms with Crippen LogP contribution in [0.2, 0.25) is 0 Å². The van der Waals surface area contributed by atoms with E-state index >= 15 is 0 Å². The zero-order chi connectivity index (χ0) is 17.2. The molecule has 0 aromatic heterocycles. The molecule has 1 aromatic rings. The van der Waals surface area contributed by atoms with Crippen molar-refractivity contribution in [3.63, 3.8) is 0 Å². The zero-order valence-corrected chi connectivity index (χ0v) is 15.0. The minimum absolute atomic E-state index is 0.0823. The van der Waals surface area contributed by atoms with Gasteiger partial charge in [0, 0.05) is 38.9 Å². The first-order valence-electron chi connectivity index (χ1n) is 8.74. The molecular weight excluding hydrogens is 306 g/mol. The monoisotopic (exact) mass is 335 g/mol. The molecule has 1 aliphatic heterocycles. The first-order valence-corrected chi connectivity index (χ1v) is 8.74. The van der Waals surface area contributed by atoms with Gasteiger partial charge in [-0.3, -0.25) is 4.90 Å². The van der Waals surface area contributed by atoms with Crippen molar-refractivity contribution >= 4 is 0 Å². The molecule has 0 amide bonds. The Hall–Kier alpha value is -1.14. The van der Waals surface area contributed by atoms with Crippen molar-refractivity contribution in [3.8, 4) is 5.75 Å². The highest BCUT2D eigenvalue weighted by molar-refractivity contribution is 5.37. The Morgan fingerprint density at radius 3 is 2.79 bits per heavy atom. The Kier molecular flexibility index (Phi) is 5.45. The summed E-state index contributed by atoms with van der Waals surface area (Å²) < 4.78 is 16.6. The van der Waals surface area contributed by atoms with Gasteiger partial charge in [0.05, 0.1) is 25.4 Å². The number of fused-ring (bicyclic) bond motifs is 1.